The van der Waals surface area contributed by atoms with Crippen molar-refractivity contribution in [1.29, 1.82) is 0 Å². The predicted octanol–water partition coefficient (Wildman–Crippen LogP) is -0.352. The highest BCUT2D eigenvalue weighted by Gasteiger charge is 2.37. The molecule has 0 amide bonds. The standard InChI is InChI=1S/C11H14N2O5/c1-5-2-8(18-13-5)10(15)9(14)6-3-7(11(16)17)12-4-6/h2,6-7,10,12,15H,3-4H2,1H3,(H,16,17)/t6-,7+,10?/m1/s1. The molecule has 1 fully saturated rings. The molecule has 1 unspecified atom stereocenters. The molecule has 1 aromatic heterocycles. The maximum atomic E-state index is 12.0. The first-order chi connectivity index (χ1) is 8.49. The van der Waals surface area contributed by atoms with Crippen LogP contribution in [0.15, 0.2) is 10.6 Å². The second kappa shape index (κ2) is 4.87. The molecule has 7 heteroatoms. The average molecular weight is 254 g/mol. The van der Waals surface area contributed by atoms with Crippen LogP contribution in [0.25, 0.3) is 0 Å². The Morgan fingerprint density at radius 2 is 2.33 bits per heavy atom. The molecule has 18 heavy (non-hydrogen) atoms. The minimum atomic E-state index is -1.38. The van der Waals surface area contributed by atoms with Gasteiger partial charge in [0.25, 0.3) is 0 Å². The van der Waals surface area contributed by atoms with Gasteiger partial charge in [-0.3, -0.25) is 9.59 Å². The Morgan fingerprint density at radius 1 is 1.61 bits per heavy atom. The van der Waals surface area contributed by atoms with Crippen LogP contribution in [0.1, 0.15) is 24.0 Å². The van der Waals surface area contributed by atoms with Gasteiger partial charge in [-0.1, -0.05) is 5.16 Å². The van der Waals surface area contributed by atoms with Crippen LogP contribution in [0.3, 0.4) is 0 Å². The van der Waals surface area contributed by atoms with E-state index in [0.717, 1.165) is 0 Å². The zero-order chi connectivity index (χ0) is 13.3. The number of nitrogens with zero attached hydrogens (tertiary/aromatic N) is 1. The average Bonchev–Trinajstić information content (AvgIpc) is 2.95. The number of hydrogen-bond donors (Lipinski definition) is 3. The first-order valence-corrected chi connectivity index (χ1v) is 5.60. The molecule has 2 rings (SSSR count). The van der Waals surface area contributed by atoms with Crippen LogP contribution in [0.2, 0.25) is 0 Å². The van der Waals surface area contributed by atoms with Crippen LogP contribution in [0, 0.1) is 12.8 Å². The van der Waals surface area contributed by atoms with Gasteiger partial charge in [-0.15, -0.1) is 0 Å². The van der Waals surface area contributed by atoms with Crippen LogP contribution in [0.5, 0.6) is 0 Å². The summed E-state index contributed by atoms with van der Waals surface area (Å²) in [4.78, 5) is 22.7. The van der Waals surface area contributed by atoms with Gasteiger partial charge in [-0.25, -0.2) is 0 Å². The summed E-state index contributed by atoms with van der Waals surface area (Å²) in [5.41, 5.74) is 0.574. The Labute approximate surface area is 103 Å². The number of aliphatic hydroxyl groups is 1. The molecule has 1 aliphatic rings. The molecule has 1 aromatic rings. The monoisotopic (exact) mass is 254 g/mol. The molecule has 98 valence electrons. The Balaban J connectivity index is 2.02. The van der Waals surface area contributed by atoms with Crippen LogP contribution >= 0.6 is 0 Å². The molecule has 3 atom stereocenters. The zero-order valence-electron chi connectivity index (χ0n) is 9.79. The van der Waals surface area contributed by atoms with Crippen molar-refractivity contribution in [3.8, 4) is 0 Å². The van der Waals surface area contributed by atoms with Gasteiger partial charge < -0.3 is 20.1 Å². The van der Waals surface area contributed by atoms with Crippen molar-refractivity contribution in [2.24, 2.45) is 5.92 Å². The number of hydrogen-bond acceptors (Lipinski definition) is 6. The Hall–Kier alpha value is -1.73. The third kappa shape index (κ3) is 2.41. The number of carbonyl (C=O) groups excluding carboxylic acids is 1. The van der Waals surface area contributed by atoms with Gasteiger partial charge in [0.05, 0.1) is 5.69 Å². The molecule has 0 aliphatic carbocycles. The van der Waals surface area contributed by atoms with E-state index in [-0.39, 0.29) is 18.7 Å². The lowest BCUT2D eigenvalue weighted by Crippen LogP contribution is -2.30. The summed E-state index contributed by atoms with van der Waals surface area (Å²) in [6.07, 6.45) is -1.20. The molecule has 1 aliphatic heterocycles. The molecular weight excluding hydrogens is 240 g/mol. The summed E-state index contributed by atoms with van der Waals surface area (Å²) in [6, 6.07) is 0.752. The highest BCUT2D eigenvalue weighted by atomic mass is 16.5. The van der Waals surface area contributed by atoms with Crippen LogP contribution in [-0.4, -0.2) is 39.7 Å². The molecule has 0 saturated carbocycles. The number of aliphatic hydroxyl groups excluding tert-OH is 1. The number of nitrogens with one attached hydrogen (secondary N) is 1. The SMILES string of the molecule is Cc1cc(C(O)C(=O)[C@H]2CN[C@H](C(=O)O)C2)on1. The highest BCUT2D eigenvalue weighted by Crippen LogP contribution is 2.24. The molecule has 1 saturated heterocycles. The maximum absolute atomic E-state index is 12.0. The number of rotatable bonds is 4. The molecule has 0 bridgehead atoms. The number of ketones is 1. The van der Waals surface area contributed by atoms with Gasteiger partial charge in [0, 0.05) is 18.5 Å². The minimum absolute atomic E-state index is 0.0938. The molecule has 2 heterocycles. The fourth-order valence-corrected chi connectivity index (χ4v) is 2.02. The summed E-state index contributed by atoms with van der Waals surface area (Å²) in [5.74, 6) is -1.86. The number of aryl methyl sites for hydroxylation is 1. The third-order valence-electron chi connectivity index (χ3n) is 3.02. The Kier molecular flexibility index (Phi) is 3.44. The third-order valence-corrected chi connectivity index (χ3v) is 3.02. The van der Waals surface area contributed by atoms with E-state index in [1.165, 1.54) is 6.07 Å². The molecular formula is C11H14N2O5. The lowest BCUT2D eigenvalue weighted by atomic mass is 9.95. The maximum Gasteiger partial charge on any atom is 0.320 e. The zero-order valence-corrected chi connectivity index (χ0v) is 9.79. The highest BCUT2D eigenvalue weighted by molar-refractivity contribution is 5.87. The van der Waals surface area contributed by atoms with Crippen molar-refractivity contribution in [3.63, 3.8) is 0 Å². The lowest BCUT2D eigenvalue weighted by molar-refractivity contribution is -0.139. The molecule has 0 spiro atoms. The number of aliphatic carboxylic acids is 1. The fraction of sp³-hybridized carbons (Fsp3) is 0.545. The van der Waals surface area contributed by atoms with E-state index in [2.05, 4.69) is 10.5 Å². The molecule has 7 nitrogen and oxygen atoms in total. The van der Waals surface area contributed by atoms with Crippen LogP contribution in [0.4, 0.5) is 0 Å². The Bertz CT molecular complexity index is 470. The number of carboxylic acids is 1. The first kappa shape index (κ1) is 12.7. The van der Waals surface area contributed by atoms with E-state index < -0.39 is 29.8 Å². The first-order valence-electron chi connectivity index (χ1n) is 5.60. The predicted molar refractivity (Wildman–Crippen MR) is 58.7 cm³/mol. The largest absolute Gasteiger partial charge is 0.480 e. The molecule has 3 N–H and O–H groups in total. The van der Waals surface area contributed by atoms with Gasteiger partial charge in [0.2, 0.25) is 0 Å². The van der Waals surface area contributed by atoms with Gasteiger partial charge in [0.15, 0.2) is 17.6 Å². The van der Waals surface area contributed by atoms with Gasteiger partial charge in [-0.2, -0.15) is 0 Å². The van der Waals surface area contributed by atoms with E-state index in [1.54, 1.807) is 6.92 Å². The smallest absolute Gasteiger partial charge is 0.320 e. The van der Waals surface area contributed by atoms with Gasteiger partial charge >= 0.3 is 5.97 Å². The summed E-state index contributed by atoms with van der Waals surface area (Å²) >= 11 is 0. The summed E-state index contributed by atoms with van der Waals surface area (Å²) in [6.45, 7) is 1.93. The fourth-order valence-electron chi connectivity index (χ4n) is 2.02. The van der Waals surface area contributed by atoms with Gasteiger partial charge in [0.1, 0.15) is 6.04 Å². The van der Waals surface area contributed by atoms with Crippen molar-refractivity contribution in [1.82, 2.24) is 10.5 Å². The van der Waals surface area contributed by atoms with Crippen molar-refractivity contribution in [3.05, 3.63) is 17.5 Å². The quantitative estimate of drug-likeness (QED) is 0.673. The molecule has 0 radical (unpaired) electrons. The van der Waals surface area contributed by atoms with Crippen molar-refractivity contribution in [2.75, 3.05) is 6.54 Å². The van der Waals surface area contributed by atoms with Crippen LogP contribution in [-0.2, 0) is 9.59 Å². The van der Waals surface area contributed by atoms with Crippen molar-refractivity contribution >= 4 is 11.8 Å². The minimum Gasteiger partial charge on any atom is -0.480 e. The summed E-state index contributed by atoms with van der Waals surface area (Å²) in [5, 5.41) is 24.9. The lowest BCUT2D eigenvalue weighted by Gasteiger charge is -2.10. The van der Waals surface area contributed by atoms with E-state index in [9.17, 15) is 14.7 Å². The van der Waals surface area contributed by atoms with Crippen molar-refractivity contribution < 1.29 is 24.3 Å². The topological polar surface area (TPSA) is 113 Å². The normalized spacial score (nSPS) is 25.0. The Morgan fingerprint density at radius 3 is 2.83 bits per heavy atom. The van der Waals surface area contributed by atoms with E-state index in [4.69, 9.17) is 9.63 Å². The second-order valence-corrected chi connectivity index (χ2v) is 4.41. The van der Waals surface area contributed by atoms with Crippen molar-refractivity contribution in [2.45, 2.75) is 25.5 Å². The van der Waals surface area contributed by atoms with E-state index in [1.807, 2.05) is 0 Å². The molecule has 0 aromatic carbocycles. The summed E-state index contributed by atoms with van der Waals surface area (Å²) in [7, 11) is 0. The summed E-state index contributed by atoms with van der Waals surface area (Å²) < 4.78 is 4.82. The number of aromatic nitrogens is 1. The van der Waals surface area contributed by atoms with E-state index >= 15 is 0 Å². The number of carbonyl (C=O) groups is 2. The van der Waals surface area contributed by atoms with Crippen LogP contribution < -0.4 is 5.32 Å². The number of carboxylic acid groups (broad SMARTS) is 1. The second-order valence-electron chi connectivity index (χ2n) is 4.41. The van der Waals surface area contributed by atoms with E-state index in [0.29, 0.717) is 5.69 Å². The van der Waals surface area contributed by atoms with Gasteiger partial charge in [-0.05, 0) is 13.3 Å². The number of Topliss-reactive ketones (excluding diaryl/α,β-unsaturated/α-hetero) is 1.